The summed E-state index contributed by atoms with van der Waals surface area (Å²) in [5.41, 5.74) is 3.25. The van der Waals surface area contributed by atoms with Gasteiger partial charge in [0.15, 0.2) is 11.6 Å². The zero-order valence-corrected chi connectivity index (χ0v) is 46.3. The molecule has 2 aromatic heterocycles. The zero-order valence-electron chi connectivity index (χ0n) is 46.3. The summed E-state index contributed by atoms with van der Waals surface area (Å²) in [5, 5.41) is 5.32. The number of piperidine rings is 1. The van der Waals surface area contributed by atoms with Crippen LogP contribution in [0.5, 0.6) is 0 Å². The van der Waals surface area contributed by atoms with Crippen molar-refractivity contribution in [3.8, 4) is 0 Å². The zero-order chi connectivity index (χ0) is 56.5. The number of hydrogen-bond donors (Lipinski definition) is 4. The summed E-state index contributed by atoms with van der Waals surface area (Å²) in [7, 11) is 2.47. The largest absolute Gasteiger partial charge is 0.453 e. The number of carbonyl (C=O) groups is 4. The van der Waals surface area contributed by atoms with Gasteiger partial charge >= 0.3 is 12.2 Å². The summed E-state index contributed by atoms with van der Waals surface area (Å²) in [5.74, 6) is -2.57. The molecule has 0 saturated carbocycles. The third-order valence-electron chi connectivity index (χ3n) is 17.0. The number of aromatic amines is 2. The molecule has 4 aliphatic heterocycles. The van der Waals surface area contributed by atoms with Gasteiger partial charge in [0.1, 0.15) is 41.1 Å². The minimum Gasteiger partial charge on any atom is -0.453 e. The molecule has 0 bridgehead atoms. The number of amides is 4. The number of nitrogens with one attached hydrogen (secondary N) is 4. The molecule has 6 aromatic rings. The molecule has 0 spiro atoms. The Kier molecular flexibility index (Phi) is 16.6. The highest BCUT2D eigenvalue weighted by atomic mass is 19.1. The van der Waals surface area contributed by atoms with Crippen molar-refractivity contribution in [3.63, 3.8) is 0 Å². The fraction of sp³-hybridized carbons (Fsp3) is 0.500. The van der Waals surface area contributed by atoms with Crippen LogP contribution in [0.25, 0.3) is 22.1 Å². The second-order valence-corrected chi connectivity index (χ2v) is 22.7. The molecule has 16 nitrogen and oxygen atoms in total. The van der Waals surface area contributed by atoms with Gasteiger partial charge in [0.05, 0.1) is 60.5 Å². The Hall–Kier alpha value is -7.38. The number of likely N-dealkylation sites (tertiary alicyclic amines) is 2. The molecule has 426 valence electrons. The van der Waals surface area contributed by atoms with E-state index in [-0.39, 0.29) is 59.0 Å². The maximum Gasteiger partial charge on any atom is 0.407 e. The molecule has 10 rings (SSSR count). The fourth-order valence-electron chi connectivity index (χ4n) is 12.8. The summed E-state index contributed by atoms with van der Waals surface area (Å²) >= 11 is 0. The minimum absolute atomic E-state index is 0.113. The third kappa shape index (κ3) is 11.4. The molecule has 0 aliphatic carbocycles. The molecule has 4 N–H and O–H groups in total. The van der Waals surface area contributed by atoms with Crippen LogP contribution in [0.1, 0.15) is 144 Å². The molecule has 4 aromatic carbocycles. The normalized spacial score (nSPS) is 20.6. The van der Waals surface area contributed by atoms with Crippen LogP contribution >= 0.6 is 0 Å². The predicted molar refractivity (Wildman–Crippen MR) is 296 cm³/mol. The minimum atomic E-state index is -0.857. The molecule has 80 heavy (non-hydrogen) atoms. The van der Waals surface area contributed by atoms with Crippen molar-refractivity contribution < 1.29 is 46.2 Å². The van der Waals surface area contributed by atoms with E-state index in [0.717, 1.165) is 32.1 Å². The first-order valence-corrected chi connectivity index (χ1v) is 28.3. The number of rotatable bonds is 16. The van der Waals surface area contributed by atoms with Crippen LogP contribution in [0.15, 0.2) is 66.7 Å². The number of carbonyl (C=O) groups excluding carboxylic acids is 4. The van der Waals surface area contributed by atoms with E-state index in [1.807, 2.05) is 45.9 Å². The van der Waals surface area contributed by atoms with Gasteiger partial charge in [-0.05, 0) is 118 Å². The number of methoxy groups -OCH3 is 2. The molecule has 0 radical (unpaired) electrons. The molecule has 4 fully saturated rings. The van der Waals surface area contributed by atoms with Crippen LogP contribution in [0, 0.1) is 41.0 Å². The molecule has 4 amide bonds. The van der Waals surface area contributed by atoms with Crippen molar-refractivity contribution in [1.29, 1.82) is 0 Å². The predicted octanol–water partition coefficient (Wildman–Crippen LogP) is 11.4. The number of nitrogens with zero attached hydrogens (tertiary/aromatic N) is 6. The average Bonchev–Trinajstić information content (AvgIpc) is 4.44. The summed E-state index contributed by atoms with van der Waals surface area (Å²) in [6.07, 6.45) is 6.19. The van der Waals surface area contributed by atoms with E-state index in [1.54, 1.807) is 31.7 Å². The molecule has 6 atom stereocenters. The van der Waals surface area contributed by atoms with Crippen LogP contribution in [-0.4, -0.2) is 106 Å². The van der Waals surface area contributed by atoms with Gasteiger partial charge in [0, 0.05) is 55.1 Å². The highest BCUT2D eigenvalue weighted by Gasteiger charge is 2.42. The number of H-pyrrole nitrogens is 2. The quantitative estimate of drug-likeness (QED) is 0.0681. The average molecular weight is 1110 g/mol. The molecule has 4 aliphatic rings. The van der Waals surface area contributed by atoms with E-state index in [4.69, 9.17) is 19.4 Å². The summed E-state index contributed by atoms with van der Waals surface area (Å²) < 4.78 is 77.4. The van der Waals surface area contributed by atoms with E-state index in [9.17, 15) is 19.2 Å². The van der Waals surface area contributed by atoms with E-state index >= 15 is 17.6 Å². The van der Waals surface area contributed by atoms with Crippen molar-refractivity contribution in [2.75, 3.05) is 50.2 Å². The molecular formula is C60H72F4N10O6. The van der Waals surface area contributed by atoms with Crippen LogP contribution in [0.3, 0.4) is 0 Å². The van der Waals surface area contributed by atoms with Crippen molar-refractivity contribution in [2.24, 2.45) is 17.8 Å². The molecule has 4 saturated heterocycles. The highest BCUT2D eigenvalue weighted by Crippen LogP contribution is 2.50. The SMILES string of the molecule is COC(=O)NC(C(=O)N1CCC[C@H]1c1nc2cc(F)c([C@H]3CC[C@H](c4cc5[nH]c([C@@H]6CCCN6C(=O)[C@@H](NC(=O)OC)C(C)C)nc5cc4F)N3c3cc(F)c(N4CCC(CCCc5ccccc5)CC4)c(F)c3)cc2[nH]1)C(C)C. The number of aromatic nitrogens is 4. The van der Waals surface area contributed by atoms with Crippen molar-refractivity contribution >= 4 is 57.4 Å². The highest BCUT2D eigenvalue weighted by molar-refractivity contribution is 5.88. The first kappa shape index (κ1) is 55.9. The number of anilines is 2. The van der Waals surface area contributed by atoms with Crippen LogP contribution in [0.2, 0.25) is 0 Å². The Bertz CT molecular complexity index is 3060. The van der Waals surface area contributed by atoms with Gasteiger partial charge in [-0.25, -0.2) is 37.1 Å². The number of ether oxygens (including phenoxy) is 2. The maximum absolute atomic E-state index is 17.0. The number of alkyl carbamates (subject to hydrolysis) is 2. The maximum atomic E-state index is 17.0. The molecule has 6 heterocycles. The van der Waals surface area contributed by atoms with Crippen LogP contribution in [-0.2, 0) is 25.5 Å². The Morgan fingerprint density at radius 1 is 0.613 bits per heavy atom. The fourth-order valence-corrected chi connectivity index (χ4v) is 12.8. The van der Waals surface area contributed by atoms with Crippen molar-refractivity contribution in [1.82, 2.24) is 40.4 Å². The number of fused-ring (bicyclic) bond motifs is 2. The second-order valence-electron chi connectivity index (χ2n) is 22.7. The summed E-state index contributed by atoms with van der Waals surface area (Å²) in [6.45, 7) is 9.11. The number of imidazole rings is 2. The standard InChI is InChI=1S/C60H72F4N10O6/c1-33(2)52(69-59(77)79-5)57(75)72-23-11-17-50(72)55-65-44-29-38(40(61)31-46(44)67-55)48-19-20-49(74(48)37-27-42(63)54(43(64)28-37)71-25-21-36(22-26-71)16-10-15-35-13-8-7-9-14-35)39-30-45-47(32-41(39)62)68-56(66-45)51-18-12-24-73(51)58(76)53(34(3)4)70-60(78)80-6/h7-9,13-14,27-34,36,48-53H,10-12,15-26H2,1-6H3,(H,65,67)(H,66,68)(H,69,77)(H,70,78)/t48-,49-,50+,51+,52+,53?/m1/s1. The molecule has 20 heteroatoms. The van der Waals surface area contributed by atoms with E-state index < -0.39 is 71.7 Å². The number of hydrogen-bond acceptors (Lipinski definition) is 10. The Labute approximate surface area is 463 Å². The Morgan fingerprint density at radius 2 is 1.09 bits per heavy atom. The van der Waals surface area contributed by atoms with Gasteiger partial charge in [-0.2, -0.15) is 0 Å². The lowest BCUT2D eigenvalue weighted by Gasteiger charge is -2.36. The molecule has 1 unspecified atom stereocenters. The lowest BCUT2D eigenvalue weighted by Crippen LogP contribution is -2.51. The smallest absolute Gasteiger partial charge is 0.407 e. The van der Waals surface area contributed by atoms with Gasteiger partial charge < -0.3 is 49.7 Å². The van der Waals surface area contributed by atoms with Gasteiger partial charge in [-0.1, -0.05) is 58.0 Å². The lowest BCUT2D eigenvalue weighted by molar-refractivity contribution is -0.136. The van der Waals surface area contributed by atoms with E-state index in [0.29, 0.717) is 91.5 Å². The number of aryl methyl sites for hydroxylation is 1. The van der Waals surface area contributed by atoms with Gasteiger partial charge in [-0.3, -0.25) is 9.59 Å². The Balaban J connectivity index is 0.968. The molecular weight excluding hydrogens is 1030 g/mol. The van der Waals surface area contributed by atoms with Gasteiger partial charge in [-0.15, -0.1) is 0 Å². The summed E-state index contributed by atoms with van der Waals surface area (Å²) in [6, 6.07) is 14.4. The first-order valence-electron chi connectivity index (χ1n) is 28.3. The summed E-state index contributed by atoms with van der Waals surface area (Å²) in [4.78, 5) is 75.6. The van der Waals surface area contributed by atoms with E-state index in [2.05, 4.69) is 32.7 Å². The first-order chi connectivity index (χ1) is 38.5. The number of benzene rings is 4. The Morgan fingerprint density at radius 3 is 1.54 bits per heavy atom. The van der Waals surface area contributed by atoms with Crippen molar-refractivity contribution in [3.05, 3.63) is 118 Å². The van der Waals surface area contributed by atoms with Crippen molar-refractivity contribution in [2.45, 2.75) is 135 Å². The topological polar surface area (TPSA) is 181 Å². The van der Waals surface area contributed by atoms with E-state index in [1.165, 1.54) is 44.0 Å². The van der Waals surface area contributed by atoms with Gasteiger partial charge in [0.2, 0.25) is 11.8 Å². The lowest BCUT2D eigenvalue weighted by atomic mass is 9.90. The van der Waals surface area contributed by atoms with Gasteiger partial charge in [0.25, 0.3) is 0 Å². The van der Waals surface area contributed by atoms with Crippen LogP contribution < -0.4 is 20.4 Å². The monoisotopic (exact) mass is 1100 g/mol. The second kappa shape index (κ2) is 23.8. The third-order valence-corrected chi connectivity index (χ3v) is 17.0. The van der Waals surface area contributed by atoms with Crippen LogP contribution in [0.4, 0.5) is 38.5 Å². The number of halogens is 4.